The molecular weight excluding hydrogens is 376 g/mol. The van der Waals surface area contributed by atoms with Crippen molar-refractivity contribution in [3.63, 3.8) is 0 Å². The van der Waals surface area contributed by atoms with Crippen LogP contribution in [0.25, 0.3) is 0 Å². The lowest BCUT2D eigenvalue weighted by molar-refractivity contribution is 0.0620. The molecule has 1 aliphatic heterocycles. The van der Waals surface area contributed by atoms with Gasteiger partial charge in [-0.3, -0.25) is 9.52 Å². The summed E-state index contributed by atoms with van der Waals surface area (Å²) in [5, 5.41) is 9.40. The van der Waals surface area contributed by atoms with Gasteiger partial charge in [-0.25, -0.2) is 8.42 Å². The van der Waals surface area contributed by atoms with E-state index in [1.54, 1.807) is 36.1 Å². The number of benzene rings is 2. The Morgan fingerprint density at radius 2 is 2.00 bits per heavy atom. The van der Waals surface area contributed by atoms with E-state index in [1.165, 1.54) is 12.1 Å². The number of aliphatic hydroxyl groups is 1. The molecule has 7 heteroatoms. The van der Waals surface area contributed by atoms with Crippen LogP contribution < -0.4 is 4.72 Å². The molecule has 28 heavy (non-hydrogen) atoms. The minimum atomic E-state index is -3.81. The molecule has 2 aromatic carbocycles. The standard InChI is InChI=1S/C21H26N2O4S/c1-15-5-3-7-18(11-15)22-28(26,27)19-9-8-16(2)20(12-19)21(25)23-10-4-6-17(13-23)14-24/h3,5,7-9,11-12,17,22,24H,4,6,10,13-14H2,1-2H3. The molecule has 0 aliphatic carbocycles. The van der Waals surface area contributed by atoms with Crippen molar-refractivity contribution in [2.75, 3.05) is 24.4 Å². The Bertz CT molecular complexity index is 972. The van der Waals surface area contributed by atoms with E-state index in [1.807, 2.05) is 13.0 Å². The molecule has 2 aromatic rings. The molecule has 1 heterocycles. The van der Waals surface area contributed by atoms with Crippen LogP contribution in [-0.4, -0.2) is 44.0 Å². The Balaban J connectivity index is 1.87. The lowest BCUT2D eigenvalue weighted by atomic mass is 9.97. The summed E-state index contributed by atoms with van der Waals surface area (Å²) in [5.41, 5.74) is 2.54. The van der Waals surface area contributed by atoms with Gasteiger partial charge in [-0.2, -0.15) is 0 Å². The van der Waals surface area contributed by atoms with Crippen molar-refractivity contribution in [2.45, 2.75) is 31.6 Å². The average molecular weight is 403 g/mol. The number of piperidine rings is 1. The van der Waals surface area contributed by atoms with Crippen LogP contribution in [-0.2, 0) is 10.0 Å². The third kappa shape index (κ3) is 4.54. The first-order chi connectivity index (χ1) is 13.3. The number of sulfonamides is 1. The fourth-order valence-corrected chi connectivity index (χ4v) is 4.57. The lowest BCUT2D eigenvalue weighted by Gasteiger charge is -2.32. The number of hydrogen-bond donors (Lipinski definition) is 2. The summed E-state index contributed by atoms with van der Waals surface area (Å²) in [6.07, 6.45) is 1.73. The maximum Gasteiger partial charge on any atom is 0.261 e. The topological polar surface area (TPSA) is 86.7 Å². The van der Waals surface area contributed by atoms with Gasteiger partial charge in [0, 0.05) is 30.9 Å². The van der Waals surface area contributed by atoms with E-state index in [0.29, 0.717) is 24.3 Å². The van der Waals surface area contributed by atoms with Crippen molar-refractivity contribution in [1.29, 1.82) is 0 Å². The van der Waals surface area contributed by atoms with E-state index in [0.717, 1.165) is 24.0 Å². The highest BCUT2D eigenvalue weighted by atomic mass is 32.2. The van der Waals surface area contributed by atoms with Crippen LogP contribution in [0, 0.1) is 19.8 Å². The van der Waals surface area contributed by atoms with Gasteiger partial charge in [-0.05, 0) is 68.0 Å². The van der Waals surface area contributed by atoms with Gasteiger partial charge in [0.25, 0.3) is 15.9 Å². The molecule has 1 aliphatic rings. The molecule has 1 amide bonds. The van der Waals surface area contributed by atoms with E-state index >= 15 is 0 Å². The Kier molecular flexibility index (Phi) is 6.05. The van der Waals surface area contributed by atoms with Crippen molar-refractivity contribution in [3.8, 4) is 0 Å². The first-order valence-electron chi connectivity index (χ1n) is 9.40. The number of carbonyl (C=O) groups is 1. The van der Waals surface area contributed by atoms with Crippen LogP contribution in [0.4, 0.5) is 5.69 Å². The largest absolute Gasteiger partial charge is 0.396 e. The summed E-state index contributed by atoms with van der Waals surface area (Å²) in [4.78, 5) is 14.8. The molecule has 2 N–H and O–H groups in total. The van der Waals surface area contributed by atoms with Gasteiger partial charge in [0.05, 0.1) is 4.90 Å². The van der Waals surface area contributed by atoms with Crippen LogP contribution in [0.3, 0.4) is 0 Å². The normalized spacial score (nSPS) is 17.4. The SMILES string of the molecule is Cc1cccc(NS(=O)(=O)c2ccc(C)c(C(=O)N3CCCC(CO)C3)c2)c1. The minimum absolute atomic E-state index is 0.0532. The van der Waals surface area contributed by atoms with Gasteiger partial charge in [0.15, 0.2) is 0 Å². The number of hydrogen-bond acceptors (Lipinski definition) is 4. The Labute approximate surface area is 166 Å². The van der Waals surface area contributed by atoms with E-state index in [2.05, 4.69) is 4.72 Å². The fourth-order valence-electron chi connectivity index (χ4n) is 3.49. The molecule has 1 fully saturated rings. The molecule has 0 spiro atoms. The maximum atomic E-state index is 13.0. The van der Waals surface area contributed by atoms with Gasteiger partial charge in [0.1, 0.15) is 0 Å². The van der Waals surface area contributed by atoms with Crippen LogP contribution in [0.5, 0.6) is 0 Å². The lowest BCUT2D eigenvalue weighted by Crippen LogP contribution is -2.41. The third-order valence-corrected chi connectivity index (χ3v) is 6.46. The second kappa shape index (κ2) is 8.32. The molecule has 1 atom stereocenters. The smallest absolute Gasteiger partial charge is 0.261 e. The number of carbonyl (C=O) groups excluding carboxylic acids is 1. The maximum absolute atomic E-state index is 13.0. The number of nitrogens with zero attached hydrogens (tertiary/aromatic N) is 1. The molecule has 0 radical (unpaired) electrons. The zero-order valence-electron chi connectivity index (χ0n) is 16.2. The second-order valence-electron chi connectivity index (χ2n) is 7.39. The molecule has 3 rings (SSSR count). The fraction of sp³-hybridized carbons (Fsp3) is 0.381. The number of nitrogens with one attached hydrogen (secondary N) is 1. The van der Waals surface area contributed by atoms with Crippen molar-refractivity contribution in [2.24, 2.45) is 5.92 Å². The van der Waals surface area contributed by atoms with Crippen molar-refractivity contribution in [1.82, 2.24) is 4.90 Å². The molecule has 1 saturated heterocycles. The van der Waals surface area contributed by atoms with Crippen LogP contribution in [0.2, 0.25) is 0 Å². The molecule has 6 nitrogen and oxygen atoms in total. The molecule has 0 aromatic heterocycles. The zero-order chi connectivity index (χ0) is 20.3. The summed E-state index contributed by atoms with van der Waals surface area (Å²) in [5.74, 6) is -0.115. The minimum Gasteiger partial charge on any atom is -0.396 e. The number of rotatable bonds is 5. The highest BCUT2D eigenvalue weighted by Crippen LogP contribution is 2.23. The number of amides is 1. The predicted molar refractivity (Wildman–Crippen MR) is 109 cm³/mol. The molecule has 0 bridgehead atoms. The number of anilines is 1. The van der Waals surface area contributed by atoms with Crippen molar-refractivity contribution >= 4 is 21.6 Å². The molecular formula is C21H26N2O4S. The monoisotopic (exact) mass is 402 g/mol. The van der Waals surface area contributed by atoms with Gasteiger partial charge in [0.2, 0.25) is 0 Å². The van der Waals surface area contributed by atoms with E-state index in [4.69, 9.17) is 0 Å². The molecule has 1 unspecified atom stereocenters. The average Bonchev–Trinajstić information content (AvgIpc) is 2.67. The van der Waals surface area contributed by atoms with Crippen molar-refractivity contribution < 1.29 is 18.3 Å². The molecule has 0 saturated carbocycles. The summed E-state index contributed by atoms with van der Waals surface area (Å²) in [7, 11) is -3.81. The molecule has 150 valence electrons. The quantitative estimate of drug-likeness (QED) is 0.805. The highest BCUT2D eigenvalue weighted by Gasteiger charge is 2.26. The van der Waals surface area contributed by atoms with E-state index < -0.39 is 10.0 Å². The Morgan fingerprint density at radius 3 is 2.71 bits per heavy atom. The summed E-state index contributed by atoms with van der Waals surface area (Å²) >= 11 is 0. The summed E-state index contributed by atoms with van der Waals surface area (Å²) < 4.78 is 28.2. The van der Waals surface area contributed by atoms with Crippen LogP contribution in [0.15, 0.2) is 47.4 Å². The van der Waals surface area contributed by atoms with Gasteiger partial charge in [-0.1, -0.05) is 18.2 Å². The summed E-state index contributed by atoms with van der Waals surface area (Å²) in [6.45, 7) is 4.85. The van der Waals surface area contributed by atoms with E-state index in [9.17, 15) is 18.3 Å². The van der Waals surface area contributed by atoms with E-state index in [-0.39, 0.29) is 23.3 Å². The van der Waals surface area contributed by atoms with Crippen LogP contribution >= 0.6 is 0 Å². The summed E-state index contributed by atoms with van der Waals surface area (Å²) in [6, 6.07) is 11.7. The Morgan fingerprint density at radius 1 is 1.21 bits per heavy atom. The first-order valence-corrected chi connectivity index (χ1v) is 10.9. The number of aliphatic hydroxyl groups excluding tert-OH is 1. The number of likely N-dealkylation sites (tertiary alicyclic amines) is 1. The number of aryl methyl sites for hydroxylation is 2. The highest BCUT2D eigenvalue weighted by molar-refractivity contribution is 7.92. The predicted octanol–water partition coefficient (Wildman–Crippen LogP) is 2.95. The van der Waals surface area contributed by atoms with Gasteiger partial charge in [-0.15, -0.1) is 0 Å². The van der Waals surface area contributed by atoms with Gasteiger partial charge >= 0.3 is 0 Å². The first kappa shape index (κ1) is 20.4. The Hall–Kier alpha value is -2.38. The third-order valence-electron chi connectivity index (χ3n) is 5.08. The van der Waals surface area contributed by atoms with Crippen LogP contribution in [0.1, 0.15) is 34.3 Å². The van der Waals surface area contributed by atoms with Crippen molar-refractivity contribution in [3.05, 3.63) is 59.2 Å². The second-order valence-corrected chi connectivity index (χ2v) is 9.08. The van der Waals surface area contributed by atoms with Gasteiger partial charge < -0.3 is 10.0 Å². The zero-order valence-corrected chi connectivity index (χ0v) is 17.0.